The number of hydrogen-bond donors (Lipinski definition) is 1. The zero-order valence-electron chi connectivity index (χ0n) is 16.3. The van der Waals surface area contributed by atoms with Gasteiger partial charge in [0, 0.05) is 22.9 Å². The predicted octanol–water partition coefficient (Wildman–Crippen LogP) is 5.63. The minimum Gasteiger partial charge on any atom is -0.473 e. The number of ether oxygens (including phenoxy) is 2. The van der Waals surface area contributed by atoms with Crippen LogP contribution in [0.25, 0.3) is 11.1 Å². The van der Waals surface area contributed by atoms with Gasteiger partial charge in [0.2, 0.25) is 11.8 Å². The van der Waals surface area contributed by atoms with Crippen molar-refractivity contribution < 1.29 is 13.9 Å². The summed E-state index contributed by atoms with van der Waals surface area (Å²) in [5.74, 6) is 0.375. The van der Waals surface area contributed by atoms with Gasteiger partial charge >= 0.3 is 0 Å². The van der Waals surface area contributed by atoms with E-state index < -0.39 is 0 Å². The average Bonchev–Trinajstić information content (AvgIpc) is 2.79. The third-order valence-corrected chi connectivity index (χ3v) is 4.59. The predicted molar refractivity (Wildman–Crippen MR) is 116 cm³/mol. The van der Waals surface area contributed by atoms with Crippen LogP contribution in [0.5, 0.6) is 11.8 Å². The summed E-state index contributed by atoms with van der Waals surface area (Å²) in [6.07, 6.45) is 0. The van der Waals surface area contributed by atoms with Crippen molar-refractivity contribution in [3.63, 3.8) is 0 Å². The topological polar surface area (TPSA) is 57.4 Å². The molecule has 2 N–H and O–H groups in total. The molecule has 1 aromatic heterocycles. The monoisotopic (exact) mass is 400 g/mol. The molecular formula is C25H21FN2O2. The van der Waals surface area contributed by atoms with Gasteiger partial charge in [-0.25, -0.2) is 4.39 Å². The maximum absolute atomic E-state index is 13.9. The number of anilines is 1. The van der Waals surface area contributed by atoms with Crippen LogP contribution in [0.4, 0.5) is 10.1 Å². The lowest BCUT2D eigenvalue weighted by molar-refractivity contribution is 0.268. The zero-order valence-corrected chi connectivity index (χ0v) is 16.3. The Kier molecular flexibility index (Phi) is 5.90. The lowest BCUT2D eigenvalue weighted by Gasteiger charge is -2.14. The Morgan fingerprint density at radius 1 is 0.700 bits per heavy atom. The minimum absolute atomic E-state index is 0.318. The van der Waals surface area contributed by atoms with Gasteiger partial charge in [-0.3, -0.25) is 0 Å². The number of hydrogen-bond acceptors (Lipinski definition) is 4. The van der Waals surface area contributed by atoms with Gasteiger partial charge < -0.3 is 15.2 Å². The Labute approximate surface area is 174 Å². The molecule has 5 heteroatoms. The Hall–Kier alpha value is -3.86. The number of pyridine rings is 1. The van der Waals surface area contributed by atoms with Crippen LogP contribution >= 0.6 is 0 Å². The molecule has 3 aromatic carbocycles. The average molecular weight is 400 g/mol. The lowest BCUT2D eigenvalue weighted by Crippen LogP contribution is -2.03. The Morgan fingerprint density at radius 2 is 1.33 bits per heavy atom. The van der Waals surface area contributed by atoms with Crippen LogP contribution in [-0.4, -0.2) is 4.98 Å². The zero-order chi connectivity index (χ0) is 20.8. The summed E-state index contributed by atoms with van der Waals surface area (Å²) in [5.41, 5.74) is 9.69. The van der Waals surface area contributed by atoms with Gasteiger partial charge in [0.05, 0.1) is 0 Å². The standard InChI is InChI=1S/C25H21FN2O2/c26-20-11-13-23(27)22(15-20)21-12-14-24(29-16-18-7-3-1-4-8-18)28-25(21)30-17-19-9-5-2-6-10-19/h1-15H,16-17,27H2. The molecule has 0 unspecified atom stereocenters. The molecule has 0 aliphatic carbocycles. The number of benzene rings is 3. The van der Waals surface area contributed by atoms with E-state index in [0.717, 1.165) is 11.1 Å². The molecule has 0 bridgehead atoms. The second kappa shape index (κ2) is 9.09. The first-order chi connectivity index (χ1) is 14.7. The van der Waals surface area contributed by atoms with E-state index in [9.17, 15) is 4.39 Å². The van der Waals surface area contributed by atoms with Crippen LogP contribution in [0.15, 0.2) is 91.0 Å². The quantitative estimate of drug-likeness (QED) is 0.409. The Morgan fingerprint density at radius 3 is 2.00 bits per heavy atom. The summed E-state index contributed by atoms with van der Waals surface area (Å²) in [7, 11) is 0. The van der Waals surface area contributed by atoms with E-state index >= 15 is 0 Å². The summed E-state index contributed by atoms with van der Waals surface area (Å²) >= 11 is 0. The molecule has 0 radical (unpaired) electrons. The van der Waals surface area contributed by atoms with Gasteiger partial charge in [0.1, 0.15) is 19.0 Å². The number of nitrogen functional groups attached to an aromatic ring is 1. The molecule has 0 aliphatic rings. The molecule has 0 saturated heterocycles. The normalized spacial score (nSPS) is 10.6. The van der Waals surface area contributed by atoms with Crippen molar-refractivity contribution in [1.82, 2.24) is 4.98 Å². The smallest absolute Gasteiger partial charge is 0.225 e. The molecule has 4 aromatic rings. The maximum Gasteiger partial charge on any atom is 0.225 e. The van der Waals surface area contributed by atoms with E-state index in [1.165, 1.54) is 18.2 Å². The highest BCUT2D eigenvalue weighted by atomic mass is 19.1. The van der Waals surface area contributed by atoms with E-state index in [0.29, 0.717) is 41.8 Å². The number of aromatic nitrogens is 1. The van der Waals surface area contributed by atoms with Crippen LogP contribution in [0.2, 0.25) is 0 Å². The van der Waals surface area contributed by atoms with Gasteiger partial charge in [-0.05, 0) is 35.4 Å². The number of halogens is 1. The molecule has 0 fully saturated rings. The van der Waals surface area contributed by atoms with Gasteiger partial charge in [0.25, 0.3) is 0 Å². The molecule has 4 nitrogen and oxygen atoms in total. The highest BCUT2D eigenvalue weighted by Gasteiger charge is 2.14. The van der Waals surface area contributed by atoms with Crippen molar-refractivity contribution in [1.29, 1.82) is 0 Å². The third kappa shape index (κ3) is 4.75. The van der Waals surface area contributed by atoms with Gasteiger partial charge in [0.15, 0.2) is 0 Å². The summed E-state index contributed by atoms with van der Waals surface area (Å²) in [6, 6.07) is 27.3. The van der Waals surface area contributed by atoms with E-state index in [1.54, 1.807) is 12.1 Å². The fraction of sp³-hybridized carbons (Fsp3) is 0.0800. The second-order valence-electron chi connectivity index (χ2n) is 6.78. The highest BCUT2D eigenvalue weighted by Crippen LogP contribution is 2.35. The molecule has 0 amide bonds. The van der Waals surface area contributed by atoms with Crippen molar-refractivity contribution in [3.8, 4) is 22.9 Å². The van der Waals surface area contributed by atoms with E-state index in [2.05, 4.69) is 4.98 Å². The van der Waals surface area contributed by atoms with Crippen molar-refractivity contribution in [2.75, 3.05) is 5.73 Å². The fourth-order valence-corrected chi connectivity index (χ4v) is 3.04. The summed E-state index contributed by atoms with van der Waals surface area (Å²) < 4.78 is 25.7. The summed E-state index contributed by atoms with van der Waals surface area (Å²) in [4.78, 5) is 4.53. The molecule has 0 saturated carbocycles. The Bertz CT molecular complexity index is 1120. The molecular weight excluding hydrogens is 379 g/mol. The van der Waals surface area contributed by atoms with Crippen LogP contribution < -0.4 is 15.2 Å². The van der Waals surface area contributed by atoms with Gasteiger partial charge in [-0.2, -0.15) is 4.98 Å². The maximum atomic E-state index is 13.9. The summed E-state index contributed by atoms with van der Waals surface area (Å²) in [6.45, 7) is 0.700. The first-order valence-electron chi connectivity index (χ1n) is 9.59. The molecule has 0 spiro atoms. The van der Waals surface area contributed by atoms with Crippen LogP contribution in [0.1, 0.15) is 11.1 Å². The number of nitrogens with zero attached hydrogens (tertiary/aromatic N) is 1. The fourth-order valence-electron chi connectivity index (χ4n) is 3.04. The SMILES string of the molecule is Nc1ccc(F)cc1-c1ccc(OCc2ccccc2)nc1OCc1ccccc1. The van der Waals surface area contributed by atoms with E-state index in [1.807, 2.05) is 60.7 Å². The van der Waals surface area contributed by atoms with Crippen LogP contribution in [0.3, 0.4) is 0 Å². The molecule has 30 heavy (non-hydrogen) atoms. The molecule has 4 rings (SSSR count). The van der Waals surface area contributed by atoms with Crippen molar-refractivity contribution in [3.05, 3.63) is 108 Å². The van der Waals surface area contributed by atoms with Gasteiger partial charge in [-0.15, -0.1) is 0 Å². The minimum atomic E-state index is -0.377. The third-order valence-electron chi connectivity index (χ3n) is 4.59. The van der Waals surface area contributed by atoms with Crippen molar-refractivity contribution >= 4 is 5.69 Å². The van der Waals surface area contributed by atoms with Gasteiger partial charge in [-0.1, -0.05) is 60.7 Å². The van der Waals surface area contributed by atoms with Crippen LogP contribution in [-0.2, 0) is 13.2 Å². The second-order valence-corrected chi connectivity index (χ2v) is 6.78. The number of rotatable bonds is 7. The first-order valence-corrected chi connectivity index (χ1v) is 9.59. The number of nitrogens with two attached hydrogens (primary N) is 1. The lowest BCUT2D eigenvalue weighted by atomic mass is 10.0. The molecule has 150 valence electrons. The van der Waals surface area contributed by atoms with Crippen LogP contribution in [0, 0.1) is 5.82 Å². The Balaban J connectivity index is 1.63. The highest BCUT2D eigenvalue weighted by molar-refractivity contribution is 5.79. The molecule has 1 heterocycles. The van der Waals surface area contributed by atoms with E-state index in [4.69, 9.17) is 15.2 Å². The molecule has 0 aliphatic heterocycles. The summed E-state index contributed by atoms with van der Waals surface area (Å²) in [5, 5.41) is 0. The first kappa shape index (κ1) is 19.5. The largest absolute Gasteiger partial charge is 0.473 e. The molecule has 0 atom stereocenters. The van der Waals surface area contributed by atoms with Crippen molar-refractivity contribution in [2.24, 2.45) is 0 Å². The van der Waals surface area contributed by atoms with Crippen molar-refractivity contribution in [2.45, 2.75) is 13.2 Å². The van der Waals surface area contributed by atoms with E-state index in [-0.39, 0.29) is 5.82 Å².